The maximum atomic E-state index is 12.1. The van der Waals surface area contributed by atoms with Gasteiger partial charge < -0.3 is 5.21 Å². The van der Waals surface area contributed by atoms with E-state index in [0.717, 1.165) is 24.5 Å². The highest BCUT2D eigenvalue weighted by molar-refractivity contribution is 5.76. The van der Waals surface area contributed by atoms with Gasteiger partial charge in [0.05, 0.1) is 17.5 Å². The Hall–Kier alpha value is -1.59. The number of rotatable bonds is 1. The Bertz CT molecular complexity index is 322. The normalized spacial score (nSPS) is 12.2. The first kappa shape index (κ1) is 9.50. The van der Waals surface area contributed by atoms with Crippen molar-refractivity contribution < 1.29 is 18.4 Å². The van der Waals surface area contributed by atoms with Gasteiger partial charge in [0.25, 0.3) is 0 Å². The van der Waals surface area contributed by atoms with Crippen molar-refractivity contribution in [2.45, 2.75) is 6.18 Å². The van der Waals surface area contributed by atoms with E-state index >= 15 is 0 Å². The second-order valence-corrected chi connectivity index (χ2v) is 2.21. The van der Waals surface area contributed by atoms with Gasteiger partial charge in [0.15, 0.2) is 0 Å². The number of alkyl halides is 3. The average Bonchev–Trinajstić information content (AvgIpc) is 2.04. The van der Waals surface area contributed by atoms with Crippen molar-refractivity contribution in [2.75, 3.05) is 0 Å². The molecule has 0 bridgehead atoms. The first-order chi connectivity index (χ1) is 6.04. The molecule has 1 rings (SSSR count). The molecule has 1 aromatic heterocycles. The number of pyridine rings is 1. The van der Waals surface area contributed by atoms with E-state index < -0.39 is 11.7 Å². The van der Waals surface area contributed by atoms with Gasteiger partial charge in [-0.2, -0.15) is 13.2 Å². The minimum Gasteiger partial charge on any atom is -0.411 e. The molecule has 0 amide bonds. The molecular formula is C7H5F3N2O. The Kier molecular flexibility index (Phi) is 2.50. The second kappa shape index (κ2) is 3.42. The quantitative estimate of drug-likeness (QED) is 0.417. The summed E-state index contributed by atoms with van der Waals surface area (Å²) in [7, 11) is 0. The highest BCUT2D eigenvalue weighted by Gasteiger charge is 2.30. The predicted octanol–water partition coefficient (Wildman–Crippen LogP) is 1.91. The van der Waals surface area contributed by atoms with E-state index in [1.807, 2.05) is 0 Å². The molecule has 0 radical (unpaired) electrons. The minimum atomic E-state index is -4.40. The van der Waals surface area contributed by atoms with E-state index in [9.17, 15) is 13.2 Å². The number of nitrogens with zero attached hydrogens (tertiary/aromatic N) is 2. The molecule has 13 heavy (non-hydrogen) atoms. The Morgan fingerprint density at radius 1 is 1.46 bits per heavy atom. The fourth-order valence-electron chi connectivity index (χ4n) is 0.754. The summed E-state index contributed by atoms with van der Waals surface area (Å²) in [6.45, 7) is 0. The van der Waals surface area contributed by atoms with Gasteiger partial charge in [-0.15, -0.1) is 0 Å². The van der Waals surface area contributed by atoms with Crippen LogP contribution >= 0.6 is 0 Å². The number of halogens is 3. The summed E-state index contributed by atoms with van der Waals surface area (Å²) >= 11 is 0. The summed E-state index contributed by atoms with van der Waals surface area (Å²) in [5.41, 5.74) is -0.866. The van der Waals surface area contributed by atoms with Crippen molar-refractivity contribution >= 4 is 6.21 Å². The summed E-state index contributed by atoms with van der Waals surface area (Å²) < 4.78 is 36.2. The largest absolute Gasteiger partial charge is 0.416 e. The molecule has 0 saturated heterocycles. The lowest BCUT2D eigenvalue weighted by Gasteiger charge is -2.05. The molecular weight excluding hydrogens is 185 g/mol. The monoisotopic (exact) mass is 190 g/mol. The van der Waals surface area contributed by atoms with Crippen LogP contribution in [-0.4, -0.2) is 16.4 Å². The van der Waals surface area contributed by atoms with Crippen molar-refractivity contribution in [3.05, 3.63) is 29.6 Å². The SMILES string of the molecule is O/N=C/c1cc(C(F)(F)F)ccn1. The summed E-state index contributed by atoms with van der Waals surface area (Å²) in [5, 5.41) is 10.6. The van der Waals surface area contributed by atoms with Crippen molar-refractivity contribution in [3.8, 4) is 0 Å². The lowest BCUT2D eigenvalue weighted by molar-refractivity contribution is -0.137. The van der Waals surface area contributed by atoms with Gasteiger partial charge in [-0.3, -0.25) is 4.98 Å². The number of hydrogen-bond acceptors (Lipinski definition) is 3. The van der Waals surface area contributed by atoms with Gasteiger partial charge in [0, 0.05) is 6.20 Å². The molecule has 70 valence electrons. The standard InChI is InChI=1S/C7H5F3N2O/c8-7(9,10)5-1-2-11-6(3-5)4-12-13/h1-4,13H/b12-4+. The van der Waals surface area contributed by atoms with E-state index in [2.05, 4.69) is 10.1 Å². The van der Waals surface area contributed by atoms with E-state index in [-0.39, 0.29) is 5.69 Å². The average molecular weight is 190 g/mol. The fraction of sp³-hybridized carbons (Fsp3) is 0.143. The molecule has 0 spiro atoms. The van der Waals surface area contributed by atoms with Gasteiger partial charge in [0.1, 0.15) is 0 Å². The lowest BCUT2D eigenvalue weighted by atomic mass is 10.2. The molecule has 0 saturated carbocycles. The third-order valence-corrected chi connectivity index (χ3v) is 1.30. The van der Waals surface area contributed by atoms with Crippen LogP contribution < -0.4 is 0 Å². The van der Waals surface area contributed by atoms with Gasteiger partial charge >= 0.3 is 6.18 Å². The van der Waals surface area contributed by atoms with Crippen molar-refractivity contribution in [1.29, 1.82) is 0 Å². The summed E-state index contributed by atoms with van der Waals surface area (Å²) in [6, 6.07) is 1.63. The van der Waals surface area contributed by atoms with Crippen LogP contribution in [0.15, 0.2) is 23.5 Å². The molecule has 1 N–H and O–H groups in total. The molecule has 0 aliphatic rings. The molecule has 3 nitrogen and oxygen atoms in total. The van der Waals surface area contributed by atoms with Crippen molar-refractivity contribution in [2.24, 2.45) is 5.16 Å². The van der Waals surface area contributed by atoms with Crippen LogP contribution in [0.25, 0.3) is 0 Å². The summed E-state index contributed by atoms with van der Waals surface area (Å²) in [6.07, 6.45) is -2.57. The highest BCUT2D eigenvalue weighted by atomic mass is 19.4. The van der Waals surface area contributed by atoms with E-state index in [0.29, 0.717) is 0 Å². The minimum absolute atomic E-state index is 0.0441. The maximum Gasteiger partial charge on any atom is 0.416 e. The number of oxime groups is 1. The smallest absolute Gasteiger partial charge is 0.411 e. The van der Waals surface area contributed by atoms with Crippen LogP contribution in [0.2, 0.25) is 0 Å². The molecule has 1 heterocycles. The van der Waals surface area contributed by atoms with Gasteiger partial charge in [0.2, 0.25) is 0 Å². The topological polar surface area (TPSA) is 45.5 Å². The van der Waals surface area contributed by atoms with E-state index in [1.54, 1.807) is 0 Å². The van der Waals surface area contributed by atoms with Crippen LogP contribution in [0, 0.1) is 0 Å². The molecule has 0 aromatic carbocycles. The zero-order valence-corrected chi connectivity index (χ0v) is 6.28. The highest BCUT2D eigenvalue weighted by Crippen LogP contribution is 2.28. The summed E-state index contributed by atoms with van der Waals surface area (Å²) in [5.74, 6) is 0. The van der Waals surface area contributed by atoms with Crippen LogP contribution in [-0.2, 0) is 6.18 Å². The zero-order chi connectivity index (χ0) is 9.90. The first-order valence-electron chi connectivity index (χ1n) is 3.24. The van der Waals surface area contributed by atoms with Crippen LogP contribution in [0.4, 0.5) is 13.2 Å². The molecule has 0 atom stereocenters. The fourth-order valence-corrected chi connectivity index (χ4v) is 0.754. The Balaban J connectivity index is 3.05. The molecule has 0 aliphatic heterocycles. The van der Waals surface area contributed by atoms with Crippen LogP contribution in [0.1, 0.15) is 11.3 Å². The third-order valence-electron chi connectivity index (χ3n) is 1.30. The maximum absolute atomic E-state index is 12.1. The number of hydrogen-bond donors (Lipinski definition) is 1. The van der Waals surface area contributed by atoms with Crippen LogP contribution in [0.3, 0.4) is 0 Å². The molecule has 0 fully saturated rings. The molecule has 0 unspecified atom stereocenters. The van der Waals surface area contributed by atoms with Crippen molar-refractivity contribution in [1.82, 2.24) is 4.98 Å². The van der Waals surface area contributed by atoms with Gasteiger partial charge in [-0.25, -0.2) is 0 Å². The van der Waals surface area contributed by atoms with Crippen LogP contribution in [0.5, 0.6) is 0 Å². The second-order valence-electron chi connectivity index (χ2n) is 2.21. The Morgan fingerprint density at radius 3 is 2.69 bits per heavy atom. The Labute approximate surface area is 71.5 Å². The van der Waals surface area contributed by atoms with E-state index in [1.165, 1.54) is 0 Å². The summed E-state index contributed by atoms with van der Waals surface area (Å²) in [4.78, 5) is 3.53. The molecule has 6 heteroatoms. The first-order valence-corrected chi connectivity index (χ1v) is 3.24. The zero-order valence-electron chi connectivity index (χ0n) is 6.28. The molecule has 1 aromatic rings. The van der Waals surface area contributed by atoms with Gasteiger partial charge in [-0.1, -0.05) is 5.16 Å². The van der Waals surface area contributed by atoms with Crippen molar-refractivity contribution in [3.63, 3.8) is 0 Å². The third kappa shape index (κ3) is 2.43. The molecule has 0 aliphatic carbocycles. The predicted molar refractivity (Wildman–Crippen MR) is 38.6 cm³/mol. The lowest BCUT2D eigenvalue weighted by Crippen LogP contribution is -2.05. The van der Waals surface area contributed by atoms with Gasteiger partial charge in [-0.05, 0) is 12.1 Å². The number of aromatic nitrogens is 1. The Morgan fingerprint density at radius 2 is 2.15 bits per heavy atom. The van der Waals surface area contributed by atoms with E-state index in [4.69, 9.17) is 5.21 Å².